The van der Waals surface area contributed by atoms with Gasteiger partial charge in [0.05, 0.1) is 0 Å². The van der Waals surface area contributed by atoms with Crippen LogP contribution in [0.25, 0.3) is 0 Å². The molecule has 0 bridgehead atoms. The van der Waals surface area contributed by atoms with Crippen LogP contribution in [0.2, 0.25) is 0 Å². The summed E-state index contributed by atoms with van der Waals surface area (Å²) < 4.78 is 5.30. The first kappa shape index (κ1) is 11.2. The molecule has 0 unspecified atom stereocenters. The quantitative estimate of drug-likeness (QED) is 0.730. The molecular formula is C13H19NO2. The Hall–Kier alpha value is -1.25. The number of rotatable bonds is 4. The lowest BCUT2D eigenvalue weighted by Crippen LogP contribution is -2.33. The van der Waals surface area contributed by atoms with Gasteiger partial charge >= 0.3 is 6.09 Å². The van der Waals surface area contributed by atoms with Crippen LogP contribution < -0.4 is 0 Å². The van der Waals surface area contributed by atoms with Crippen molar-refractivity contribution in [2.75, 3.05) is 13.2 Å². The minimum absolute atomic E-state index is 0.162. The van der Waals surface area contributed by atoms with E-state index in [1.165, 1.54) is 0 Å². The van der Waals surface area contributed by atoms with E-state index in [-0.39, 0.29) is 6.09 Å². The lowest BCUT2D eigenvalue weighted by atomic mass is 10.1. The number of amides is 1. The highest BCUT2D eigenvalue weighted by atomic mass is 16.6. The smallest absolute Gasteiger partial charge is 0.410 e. The fourth-order valence-corrected chi connectivity index (χ4v) is 1.93. The Kier molecular flexibility index (Phi) is 3.65. The third-order valence-corrected chi connectivity index (χ3v) is 3.00. The van der Waals surface area contributed by atoms with E-state index < -0.39 is 0 Å². The molecule has 0 aromatic carbocycles. The fourth-order valence-electron chi connectivity index (χ4n) is 1.93. The molecular weight excluding hydrogens is 202 g/mol. The van der Waals surface area contributed by atoms with Crippen molar-refractivity contribution in [1.29, 1.82) is 0 Å². The minimum atomic E-state index is -0.162. The van der Waals surface area contributed by atoms with Gasteiger partial charge in [0.2, 0.25) is 0 Å². The Morgan fingerprint density at radius 2 is 2.31 bits per heavy atom. The minimum Gasteiger partial charge on any atom is -0.445 e. The van der Waals surface area contributed by atoms with Gasteiger partial charge in [-0.3, -0.25) is 0 Å². The van der Waals surface area contributed by atoms with E-state index >= 15 is 0 Å². The van der Waals surface area contributed by atoms with Crippen LogP contribution in [0.5, 0.6) is 0 Å². The van der Waals surface area contributed by atoms with Gasteiger partial charge in [0.1, 0.15) is 6.61 Å². The first-order valence-electron chi connectivity index (χ1n) is 6.10. The van der Waals surface area contributed by atoms with E-state index in [1.807, 2.05) is 17.9 Å². The van der Waals surface area contributed by atoms with E-state index in [1.54, 1.807) is 0 Å². The Labute approximate surface area is 96.8 Å². The second-order valence-corrected chi connectivity index (χ2v) is 4.33. The third-order valence-electron chi connectivity index (χ3n) is 3.00. The second-order valence-electron chi connectivity index (χ2n) is 4.33. The summed E-state index contributed by atoms with van der Waals surface area (Å²) in [6.45, 7) is 3.16. The van der Waals surface area contributed by atoms with Gasteiger partial charge in [-0.15, -0.1) is 0 Å². The third kappa shape index (κ3) is 2.87. The maximum atomic E-state index is 11.8. The Bertz CT molecular complexity index is 316. The van der Waals surface area contributed by atoms with Crippen molar-refractivity contribution in [3.63, 3.8) is 0 Å². The van der Waals surface area contributed by atoms with Crippen molar-refractivity contribution in [3.05, 3.63) is 23.8 Å². The van der Waals surface area contributed by atoms with Crippen molar-refractivity contribution in [1.82, 2.24) is 4.90 Å². The number of allylic oxidation sites excluding steroid dienone is 2. The van der Waals surface area contributed by atoms with Gasteiger partial charge in [-0.2, -0.15) is 0 Å². The maximum absolute atomic E-state index is 11.8. The first-order valence-corrected chi connectivity index (χ1v) is 6.10. The van der Waals surface area contributed by atoms with Crippen LogP contribution in [0.1, 0.15) is 32.6 Å². The van der Waals surface area contributed by atoms with Gasteiger partial charge in [0.15, 0.2) is 0 Å². The maximum Gasteiger partial charge on any atom is 0.410 e. The van der Waals surface area contributed by atoms with Crippen molar-refractivity contribution < 1.29 is 9.53 Å². The molecule has 1 saturated carbocycles. The molecule has 3 heteroatoms. The number of carbonyl (C=O) groups excluding carboxylic acids is 1. The van der Waals surface area contributed by atoms with E-state index in [4.69, 9.17) is 4.74 Å². The van der Waals surface area contributed by atoms with Crippen LogP contribution in [-0.2, 0) is 4.74 Å². The zero-order chi connectivity index (χ0) is 11.4. The second kappa shape index (κ2) is 5.19. The van der Waals surface area contributed by atoms with Gasteiger partial charge in [-0.05, 0) is 38.2 Å². The van der Waals surface area contributed by atoms with Gasteiger partial charge in [0, 0.05) is 12.6 Å². The average Bonchev–Trinajstić information content (AvgIpc) is 3.13. The summed E-state index contributed by atoms with van der Waals surface area (Å²) in [5.41, 5.74) is 1.12. The highest BCUT2D eigenvalue weighted by Crippen LogP contribution is 2.27. The Morgan fingerprint density at radius 3 is 2.88 bits per heavy atom. The fraction of sp³-hybridized carbons (Fsp3) is 0.615. The van der Waals surface area contributed by atoms with Crippen LogP contribution in [0.4, 0.5) is 4.79 Å². The molecule has 16 heavy (non-hydrogen) atoms. The van der Waals surface area contributed by atoms with Gasteiger partial charge in [-0.25, -0.2) is 4.79 Å². The number of ether oxygens (including phenoxy) is 1. The topological polar surface area (TPSA) is 29.5 Å². The molecule has 0 aromatic heterocycles. The van der Waals surface area contributed by atoms with Crippen LogP contribution in [0, 0.1) is 0 Å². The summed E-state index contributed by atoms with van der Waals surface area (Å²) in [7, 11) is 0. The van der Waals surface area contributed by atoms with Crippen molar-refractivity contribution >= 4 is 6.09 Å². The van der Waals surface area contributed by atoms with E-state index in [9.17, 15) is 4.79 Å². The van der Waals surface area contributed by atoms with Crippen LogP contribution in [0.3, 0.4) is 0 Å². The molecule has 2 rings (SSSR count). The summed E-state index contributed by atoms with van der Waals surface area (Å²) in [5, 5.41) is 0. The normalized spacial score (nSPS) is 19.2. The van der Waals surface area contributed by atoms with E-state index in [2.05, 4.69) is 12.2 Å². The molecule has 1 fully saturated rings. The molecule has 0 radical (unpaired) electrons. The molecule has 2 aliphatic rings. The SMILES string of the molecule is CCN(C(=O)OCC1=CCCC=C1)C1CC1. The van der Waals surface area contributed by atoms with E-state index in [0.717, 1.165) is 37.8 Å². The molecule has 0 spiro atoms. The number of nitrogens with zero attached hydrogens (tertiary/aromatic N) is 1. The first-order chi connectivity index (χ1) is 7.81. The summed E-state index contributed by atoms with van der Waals surface area (Å²) in [4.78, 5) is 13.6. The lowest BCUT2D eigenvalue weighted by molar-refractivity contribution is 0.110. The zero-order valence-corrected chi connectivity index (χ0v) is 9.82. The predicted octanol–water partition coefficient (Wildman–Crippen LogP) is 2.88. The summed E-state index contributed by atoms with van der Waals surface area (Å²) in [6, 6.07) is 0.438. The molecule has 0 saturated heterocycles. The Balaban J connectivity index is 1.78. The summed E-state index contributed by atoms with van der Waals surface area (Å²) in [5.74, 6) is 0. The summed E-state index contributed by atoms with van der Waals surface area (Å²) >= 11 is 0. The standard InChI is InChI=1S/C13H19NO2/c1-2-14(12-8-9-12)13(15)16-10-11-6-4-3-5-7-11/h4,6-7,12H,2-3,5,8-10H2,1H3. The molecule has 2 aliphatic carbocycles. The van der Waals surface area contributed by atoms with Gasteiger partial charge in [0.25, 0.3) is 0 Å². The van der Waals surface area contributed by atoms with Crippen molar-refractivity contribution in [3.8, 4) is 0 Å². The molecule has 0 aliphatic heterocycles. The molecule has 0 atom stereocenters. The molecule has 0 heterocycles. The van der Waals surface area contributed by atoms with Crippen LogP contribution >= 0.6 is 0 Å². The summed E-state index contributed by atoms with van der Waals surface area (Å²) in [6.07, 6.45) is 10.6. The molecule has 0 N–H and O–H groups in total. The highest BCUT2D eigenvalue weighted by molar-refractivity contribution is 5.68. The molecule has 3 nitrogen and oxygen atoms in total. The largest absolute Gasteiger partial charge is 0.445 e. The highest BCUT2D eigenvalue weighted by Gasteiger charge is 2.32. The van der Waals surface area contributed by atoms with Crippen molar-refractivity contribution in [2.24, 2.45) is 0 Å². The average molecular weight is 221 g/mol. The predicted molar refractivity (Wildman–Crippen MR) is 63.2 cm³/mol. The van der Waals surface area contributed by atoms with E-state index in [0.29, 0.717) is 12.6 Å². The van der Waals surface area contributed by atoms with Crippen molar-refractivity contribution in [2.45, 2.75) is 38.6 Å². The van der Waals surface area contributed by atoms with Gasteiger partial charge in [-0.1, -0.05) is 18.2 Å². The number of carbonyl (C=O) groups is 1. The Morgan fingerprint density at radius 1 is 1.50 bits per heavy atom. The lowest BCUT2D eigenvalue weighted by Gasteiger charge is -2.20. The molecule has 1 amide bonds. The monoisotopic (exact) mass is 221 g/mol. The van der Waals surface area contributed by atoms with Crippen LogP contribution in [-0.4, -0.2) is 30.2 Å². The number of hydrogen-bond donors (Lipinski definition) is 0. The molecule has 88 valence electrons. The van der Waals surface area contributed by atoms with Crippen LogP contribution in [0.15, 0.2) is 23.8 Å². The number of hydrogen-bond acceptors (Lipinski definition) is 2. The molecule has 0 aromatic rings. The zero-order valence-electron chi connectivity index (χ0n) is 9.82. The van der Waals surface area contributed by atoms with Gasteiger partial charge < -0.3 is 9.64 Å².